The highest BCUT2D eigenvalue weighted by Crippen LogP contribution is 2.29. The molecule has 8 heteroatoms. The van der Waals surface area contributed by atoms with E-state index in [-0.39, 0.29) is 11.7 Å². The number of aryl methyl sites for hydroxylation is 2. The van der Waals surface area contributed by atoms with Crippen LogP contribution >= 0.6 is 27.7 Å². The molecule has 0 saturated carbocycles. The van der Waals surface area contributed by atoms with Crippen LogP contribution in [-0.4, -0.2) is 17.9 Å². The van der Waals surface area contributed by atoms with Gasteiger partial charge in [-0.05, 0) is 54.8 Å². The number of amides is 1. The number of halogens is 4. The van der Waals surface area contributed by atoms with Crippen LogP contribution in [0.25, 0.3) is 0 Å². The molecule has 0 atom stereocenters. The highest BCUT2D eigenvalue weighted by Gasteiger charge is 2.29. The van der Waals surface area contributed by atoms with Crippen molar-refractivity contribution in [2.45, 2.75) is 24.9 Å². The second-order valence-corrected chi connectivity index (χ2v) is 7.44. The van der Waals surface area contributed by atoms with Crippen molar-refractivity contribution in [2.24, 2.45) is 5.10 Å². The van der Waals surface area contributed by atoms with Crippen LogP contribution in [0.1, 0.15) is 22.3 Å². The summed E-state index contributed by atoms with van der Waals surface area (Å²) in [4.78, 5) is 12.9. The number of benzene rings is 2. The van der Waals surface area contributed by atoms with Gasteiger partial charge >= 0.3 is 6.18 Å². The molecule has 26 heavy (non-hydrogen) atoms. The molecule has 0 aliphatic carbocycles. The zero-order valence-corrected chi connectivity index (χ0v) is 16.4. The number of thioether (sulfide) groups is 1. The zero-order valence-electron chi connectivity index (χ0n) is 14.0. The van der Waals surface area contributed by atoms with Crippen LogP contribution in [-0.2, 0) is 11.0 Å². The number of carbonyl (C=O) groups is 1. The molecule has 2 rings (SSSR count). The Kier molecular flexibility index (Phi) is 6.88. The van der Waals surface area contributed by atoms with E-state index in [9.17, 15) is 18.0 Å². The van der Waals surface area contributed by atoms with Crippen molar-refractivity contribution in [3.63, 3.8) is 0 Å². The van der Waals surface area contributed by atoms with E-state index >= 15 is 0 Å². The van der Waals surface area contributed by atoms with Crippen molar-refractivity contribution >= 4 is 39.8 Å². The topological polar surface area (TPSA) is 41.5 Å². The molecule has 2 aromatic rings. The minimum absolute atomic E-state index is 0.187. The van der Waals surface area contributed by atoms with E-state index in [2.05, 4.69) is 26.5 Å². The Balaban J connectivity index is 1.87. The summed E-state index contributed by atoms with van der Waals surface area (Å²) in [6.45, 7) is 3.94. The van der Waals surface area contributed by atoms with Crippen molar-refractivity contribution in [3.8, 4) is 0 Å². The third-order valence-corrected chi connectivity index (χ3v) is 5.47. The van der Waals surface area contributed by atoms with Gasteiger partial charge in [-0.1, -0.05) is 28.1 Å². The van der Waals surface area contributed by atoms with E-state index in [4.69, 9.17) is 0 Å². The van der Waals surface area contributed by atoms with E-state index in [0.717, 1.165) is 32.6 Å². The third kappa shape index (κ3) is 5.88. The summed E-state index contributed by atoms with van der Waals surface area (Å²) in [5.74, 6) is -0.107. The average molecular weight is 445 g/mol. The largest absolute Gasteiger partial charge is 0.416 e. The molecule has 1 N–H and O–H groups in total. The second-order valence-electron chi connectivity index (χ2n) is 5.57. The number of hydrazone groups is 1. The van der Waals surface area contributed by atoms with Gasteiger partial charge in [0, 0.05) is 9.37 Å². The third-order valence-electron chi connectivity index (χ3n) is 3.46. The molecule has 0 heterocycles. The molecule has 0 radical (unpaired) electrons. The first-order chi connectivity index (χ1) is 12.2. The predicted octanol–water partition coefficient (Wildman–Crippen LogP) is 5.33. The summed E-state index contributed by atoms with van der Waals surface area (Å²) in [7, 11) is 0. The summed E-state index contributed by atoms with van der Waals surface area (Å²) in [5.41, 5.74) is 4.25. The highest BCUT2D eigenvalue weighted by atomic mass is 79.9. The van der Waals surface area contributed by atoms with Crippen molar-refractivity contribution < 1.29 is 18.0 Å². The number of alkyl halides is 3. The number of nitrogens with zero attached hydrogens (tertiary/aromatic N) is 1. The summed E-state index contributed by atoms with van der Waals surface area (Å²) in [6, 6.07) is 8.53. The molecule has 0 aliphatic heterocycles. The number of rotatable bonds is 5. The van der Waals surface area contributed by atoms with E-state index in [1.165, 1.54) is 30.1 Å². The molecule has 0 fully saturated rings. The lowest BCUT2D eigenvalue weighted by Crippen LogP contribution is -2.19. The maximum atomic E-state index is 12.5. The fourth-order valence-corrected chi connectivity index (χ4v) is 3.38. The molecule has 0 aliphatic rings. The Labute approximate surface area is 162 Å². The van der Waals surface area contributed by atoms with Crippen LogP contribution in [0.4, 0.5) is 13.2 Å². The van der Waals surface area contributed by atoms with Crippen LogP contribution in [0.3, 0.4) is 0 Å². The standard InChI is InChI=1S/C18H16BrF3N2OS/c1-11-8-16(12(2)7-15(11)19)26-10-17(25)24-23-9-13-3-5-14(6-4-13)18(20,21)22/h3-9H,10H2,1-2H3,(H,24,25)/b23-9-. The Hall–Kier alpha value is -1.80. The molecular weight excluding hydrogens is 429 g/mol. The summed E-state index contributed by atoms with van der Waals surface area (Å²) in [5, 5.41) is 3.77. The van der Waals surface area contributed by atoms with Gasteiger partial charge in [0.2, 0.25) is 5.91 Å². The molecule has 0 saturated heterocycles. The van der Waals surface area contributed by atoms with Gasteiger partial charge in [-0.25, -0.2) is 5.43 Å². The molecule has 0 spiro atoms. The van der Waals surface area contributed by atoms with Crippen LogP contribution in [0.5, 0.6) is 0 Å². The van der Waals surface area contributed by atoms with Gasteiger partial charge in [0.15, 0.2) is 0 Å². The number of nitrogens with one attached hydrogen (secondary N) is 1. The van der Waals surface area contributed by atoms with Crippen molar-refractivity contribution in [1.82, 2.24) is 5.43 Å². The van der Waals surface area contributed by atoms with Gasteiger partial charge in [0.05, 0.1) is 17.5 Å². The monoisotopic (exact) mass is 444 g/mol. The van der Waals surface area contributed by atoms with Gasteiger partial charge in [-0.3, -0.25) is 4.79 Å². The van der Waals surface area contributed by atoms with Crippen LogP contribution in [0.15, 0.2) is 50.9 Å². The average Bonchev–Trinajstić information content (AvgIpc) is 2.56. The summed E-state index contributed by atoms with van der Waals surface area (Å²) < 4.78 is 38.5. The zero-order chi connectivity index (χ0) is 19.3. The molecular formula is C18H16BrF3N2OS. The number of hydrogen-bond donors (Lipinski definition) is 1. The fourth-order valence-electron chi connectivity index (χ4n) is 2.02. The van der Waals surface area contributed by atoms with Crippen LogP contribution in [0, 0.1) is 13.8 Å². The van der Waals surface area contributed by atoms with Gasteiger partial charge in [-0.15, -0.1) is 11.8 Å². The minimum Gasteiger partial charge on any atom is -0.272 e. The quantitative estimate of drug-likeness (QED) is 0.384. The fraction of sp³-hybridized carbons (Fsp3) is 0.222. The molecule has 2 aromatic carbocycles. The van der Waals surface area contributed by atoms with Crippen LogP contribution in [0.2, 0.25) is 0 Å². The maximum Gasteiger partial charge on any atom is 0.416 e. The Morgan fingerprint density at radius 3 is 2.46 bits per heavy atom. The van der Waals surface area contributed by atoms with Crippen molar-refractivity contribution in [3.05, 3.63) is 63.1 Å². The van der Waals surface area contributed by atoms with Gasteiger partial charge in [0.1, 0.15) is 0 Å². The van der Waals surface area contributed by atoms with Crippen molar-refractivity contribution in [1.29, 1.82) is 0 Å². The van der Waals surface area contributed by atoms with Gasteiger partial charge < -0.3 is 0 Å². The molecule has 3 nitrogen and oxygen atoms in total. The molecule has 138 valence electrons. The smallest absolute Gasteiger partial charge is 0.272 e. The lowest BCUT2D eigenvalue weighted by molar-refractivity contribution is -0.137. The van der Waals surface area contributed by atoms with Gasteiger partial charge in [0.25, 0.3) is 0 Å². The first-order valence-electron chi connectivity index (χ1n) is 7.55. The minimum atomic E-state index is -4.37. The first kappa shape index (κ1) is 20.5. The molecule has 0 aromatic heterocycles. The van der Waals surface area contributed by atoms with E-state index in [0.29, 0.717) is 5.56 Å². The van der Waals surface area contributed by atoms with Crippen molar-refractivity contribution in [2.75, 3.05) is 5.75 Å². The second kappa shape index (κ2) is 8.73. The lowest BCUT2D eigenvalue weighted by atomic mass is 10.1. The normalized spacial score (nSPS) is 11.8. The Bertz CT molecular complexity index is 820. The Morgan fingerprint density at radius 1 is 1.19 bits per heavy atom. The molecule has 0 unspecified atom stereocenters. The number of carbonyl (C=O) groups excluding carboxylic acids is 1. The molecule has 0 bridgehead atoms. The van der Waals surface area contributed by atoms with E-state index in [1.54, 1.807) is 0 Å². The van der Waals surface area contributed by atoms with Crippen LogP contribution < -0.4 is 5.43 Å². The first-order valence-corrected chi connectivity index (χ1v) is 9.33. The molecule has 1 amide bonds. The lowest BCUT2D eigenvalue weighted by Gasteiger charge is -2.08. The maximum absolute atomic E-state index is 12.5. The predicted molar refractivity (Wildman–Crippen MR) is 102 cm³/mol. The summed E-state index contributed by atoms with van der Waals surface area (Å²) in [6.07, 6.45) is -3.07. The SMILES string of the molecule is Cc1cc(SCC(=O)N/N=C\c2ccc(C(F)(F)F)cc2)c(C)cc1Br. The van der Waals surface area contributed by atoms with E-state index in [1.807, 2.05) is 26.0 Å². The Morgan fingerprint density at radius 2 is 1.85 bits per heavy atom. The highest BCUT2D eigenvalue weighted by molar-refractivity contribution is 9.10. The number of hydrogen-bond acceptors (Lipinski definition) is 3. The van der Waals surface area contributed by atoms with E-state index < -0.39 is 11.7 Å². The summed E-state index contributed by atoms with van der Waals surface area (Å²) >= 11 is 4.86. The van der Waals surface area contributed by atoms with Gasteiger partial charge in [-0.2, -0.15) is 18.3 Å².